The lowest BCUT2D eigenvalue weighted by Gasteiger charge is -2.11. The number of thioether (sulfide) groups is 1. The van der Waals surface area contributed by atoms with Crippen LogP contribution in [-0.4, -0.2) is 53.5 Å². The first kappa shape index (κ1) is 29.2. The Morgan fingerprint density at radius 2 is 1.66 bits per heavy atom. The summed E-state index contributed by atoms with van der Waals surface area (Å²) in [6, 6.07) is 19.7. The van der Waals surface area contributed by atoms with Crippen molar-refractivity contribution in [3.05, 3.63) is 96.6 Å². The molecule has 4 rings (SSSR count). The SMILES string of the molecule is C=CCn1c(SCC(=O)Nc2ccc(C(=O)/C=C/c3ccc(OC)cc3)cc2)nnc1-c1ccc(OC)c(OC)c1. The number of ether oxygens (including phenoxy) is 3. The lowest BCUT2D eigenvalue weighted by atomic mass is 10.1. The number of methoxy groups -OCH3 is 3. The van der Waals surface area contributed by atoms with Gasteiger partial charge in [0, 0.05) is 23.4 Å². The Balaban J connectivity index is 1.36. The third kappa shape index (κ3) is 7.43. The summed E-state index contributed by atoms with van der Waals surface area (Å²) < 4.78 is 17.8. The minimum atomic E-state index is -0.214. The van der Waals surface area contributed by atoms with Gasteiger partial charge < -0.3 is 19.5 Å². The van der Waals surface area contributed by atoms with Crippen LogP contribution in [0, 0.1) is 0 Å². The van der Waals surface area contributed by atoms with Gasteiger partial charge in [-0.25, -0.2) is 0 Å². The van der Waals surface area contributed by atoms with Crippen LogP contribution in [0.4, 0.5) is 5.69 Å². The quantitative estimate of drug-likeness (QED) is 0.0933. The van der Waals surface area contributed by atoms with Crippen LogP contribution in [-0.2, 0) is 11.3 Å². The van der Waals surface area contributed by atoms with Crippen molar-refractivity contribution in [1.82, 2.24) is 14.8 Å². The van der Waals surface area contributed by atoms with Crippen molar-refractivity contribution in [3.63, 3.8) is 0 Å². The van der Waals surface area contributed by atoms with Gasteiger partial charge in [-0.05, 0) is 66.2 Å². The zero-order chi connectivity index (χ0) is 29.2. The fraction of sp³-hybridized carbons (Fsp3) is 0.161. The number of nitrogens with zero attached hydrogens (tertiary/aromatic N) is 3. The third-order valence-corrected chi connectivity index (χ3v) is 6.97. The molecule has 0 bridgehead atoms. The summed E-state index contributed by atoms with van der Waals surface area (Å²) in [7, 11) is 4.75. The van der Waals surface area contributed by atoms with Gasteiger partial charge in [0.05, 0.1) is 27.1 Å². The number of carbonyl (C=O) groups is 2. The maximum atomic E-state index is 12.7. The molecular formula is C31H30N4O5S. The first-order valence-electron chi connectivity index (χ1n) is 12.6. The van der Waals surface area contributed by atoms with Gasteiger partial charge in [-0.2, -0.15) is 0 Å². The number of carbonyl (C=O) groups excluding carboxylic acids is 2. The van der Waals surface area contributed by atoms with E-state index in [1.54, 1.807) is 63.8 Å². The number of hydrogen-bond acceptors (Lipinski definition) is 8. The molecule has 3 aromatic carbocycles. The molecule has 1 heterocycles. The molecule has 41 heavy (non-hydrogen) atoms. The van der Waals surface area contributed by atoms with Crippen molar-refractivity contribution >= 4 is 35.2 Å². The average Bonchev–Trinajstić information content (AvgIpc) is 3.41. The van der Waals surface area contributed by atoms with E-state index >= 15 is 0 Å². The van der Waals surface area contributed by atoms with Gasteiger partial charge in [0.2, 0.25) is 5.91 Å². The highest BCUT2D eigenvalue weighted by Gasteiger charge is 2.17. The summed E-state index contributed by atoms with van der Waals surface area (Å²) >= 11 is 1.26. The van der Waals surface area contributed by atoms with Crippen molar-refractivity contribution in [2.24, 2.45) is 0 Å². The van der Waals surface area contributed by atoms with E-state index in [0.29, 0.717) is 40.3 Å². The topological polar surface area (TPSA) is 105 Å². The summed E-state index contributed by atoms with van der Waals surface area (Å²) in [5, 5.41) is 12.1. The number of allylic oxidation sites excluding steroid dienone is 2. The average molecular weight is 571 g/mol. The van der Waals surface area contributed by atoms with Crippen molar-refractivity contribution < 1.29 is 23.8 Å². The van der Waals surface area contributed by atoms with Crippen LogP contribution in [0.2, 0.25) is 0 Å². The zero-order valence-electron chi connectivity index (χ0n) is 23.0. The molecule has 0 spiro atoms. The number of amides is 1. The summed E-state index contributed by atoms with van der Waals surface area (Å²) in [6.45, 7) is 4.30. The smallest absolute Gasteiger partial charge is 0.234 e. The van der Waals surface area contributed by atoms with Gasteiger partial charge in [0.15, 0.2) is 28.3 Å². The van der Waals surface area contributed by atoms with E-state index in [4.69, 9.17) is 14.2 Å². The van der Waals surface area contributed by atoms with Gasteiger partial charge in [-0.3, -0.25) is 14.2 Å². The lowest BCUT2D eigenvalue weighted by molar-refractivity contribution is -0.113. The zero-order valence-corrected chi connectivity index (χ0v) is 23.8. The third-order valence-electron chi connectivity index (χ3n) is 6.00. The minimum absolute atomic E-state index is 0.118. The molecule has 1 amide bonds. The highest BCUT2D eigenvalue weighted by atomic mass is 32.2. The molecule has 4 aromatic rings. The predicted molar refractivity (Wildman–Crippen MR) is 161 cm³/mol. The Morgan fingerprint density at radius 1 is 0.927 bits per heavy atom. The number of ketones is 1. The fourth-order valence-corrected chi connectivity index (χ4v) is 4.65. The van der Waals surface area contributed by atoms with Crippen LogP contribution in [0.15, 0.2) is 90.6 Å². The van der Waals surface area contributed by atoms with E-state index < -0.39 is 0 Å². The number of benzene rings is 3. The van der Waals surface area contributed by atoms with Crippen LogP contribution in [0.5, 0.6) is 17.2 Å². The highest BCUT2D eigenvalue weighted by molar-refractivity contribution is 7.99. The summed E-state index contributed by atoms with van der Waals surface area (Å²) in [6.07, 6.45) is 5.00. The van der Waals surface area contributed by atoms with Gasteiger partial charge >= 0.3 is 0 Å². The Kier molecular flexibility index (Phi) is 9.95. The van der Waals surface area contributed by atoms with Crippen molar-refractivity contribution in [2.75, 3.05) is 32.4 Å². The number of rotatable bonds is 13. The molecule has 0 radical (unpaired) electrons. The van der Waals surface area contributed by atoms with E-state index in [2.05, 4.69) is 22.1 Å². The van der Waals surface area contributed by atoms with Crippen LogP contribution < -0.4 is 19.5 Å². The molecule has 10 heteroatoms. The van der Waals surface area contributed by atoms with Gasteiger partial charge in [-0.1, -0.05) is 36.0 Å². The Labute approximate surface area is 242 Å². The molecular weight excluding hydrogens is 540 g/mol. The maximum absolute atomic E-state index is 12.7. The fourth-order valence-electron chi connectivity index (χ4n) is 3.91. The second-order valence-electron chi connectivity index (χ2n) is 8.66. The van der Waals surface area contributed by atoms with Crippen molar-refractivity contribution in [2.45, 2.75) is 11.7 Å². The first-order chi connectivity index (χ1) is 19.9. The molecule has 0 saturated carbocycles. The van der Waals surface area contributed by atoms with Crippen LogP contribution >= 0.6 is 11.8 Å². The molecule has 1 N–H and O–H groups in total. The van der Waals surface area contributed by atoms with Gasteiger partial charge in [0.1, 0.15) is 5.75 Å². The molecule has 0 saturated heterocycles. The van der Waals surface area contributed by atoms with Gasteiger partial charge in [0.25, 0.3) is 0 Å². The molecule has 0 fully saturated rings. The summed E-state index contributed by atoms with van der Waals surface area (Å²) in [4.78, 5) is 25.2. The molecule has 0 aliphatic heterocycles. The summed E-state index contributed by atoms with van der Waals surface area (Å²) in [5.41, 5.74) is 2.79. The van der Waals surface area contributed by atoms with Gasteiger partial charge in [-0.15, -0.1) is 16.8 Å². The van der Waals surface area contributed by atoms with E-state index in [1.807, 2.05) is 41.0 Å². The molecule has 9 nitrogen and oxygen atoms in total. The predicted octanol–water partition coefficient (Wildman–Crippen LogP) is 5.78. The number of anilines is 1. The number of aromatic nitrogens is 3. The second-order valence-corrected chi connectivity index (χ2v) is 9.60. The van der Waals surface area contributed by atoms with Crippen LogP contribution in [0.3, 0.4) is 0 Å². The number of hydrogen-bond donors (Lipinski definition) is 1. The highest BCUT2D eigenvalue weighted by Crippen LogP contribution is 2.33. The van der Waals surface area contributed by atoms with Crippen LogP contribution in [0.25, 0.3) is 17.5 Å². The Hall–Kier alpha value is -4.83. The van der Waals surface area contributed by atoms with Crippen molar-refractivity contribution in [3.8, 4) is 28.6 Å². The monoisotopic (exact) mass is 570 g/mol. The molecule has 0 unspecified atom stereocenters. The largest absolute Gasteiger partial charge is 0.497 e. The molecule has 0 atom stereocenters. The van der Waals surface area contributed by atoms with E-state index in [0.717, 1.165) is 16.9 Å². The lowest BCUT2D eigenvalue weighted by Crippen LogP contribution is -2.14. The second kappa shape index (κ2) is 14.0. The van der Waals surface area contributed by atoms with Crippen molar-refractivity contribution in [1.29, 1.82) is 0 Å². The normalized spacial score (nSPS) is 10.8. The molecule has 1 aromatic heterocycles. The van der Waals surface area contributed by atoms with E-state index in [1.165, 1.54) is 17.8 Å². The van der Waals surface area contributed by atoms with E-state index in [-0.39, 0.29) is 17.4 Å². The Morgan fingerprint density at radius 3 is 2.32 bits per heavy atom. The molecule has 210 valence electrons. The molecule has 0 aliphatic carbocycles. The summed E-state index contributed by atoms with van der Waals surface area (Å²) in [5.74, 6) is 2.33. The number of nitrogens with one attached hydrogen (secondary N) is 1. The van der Waals surface area contributed by atoms with E-state index in [9.17, 15) is 9.59 Å². The maximum Gasteiger partial charge on any atom is 0.234 e. The first-order valence-corrected chi connectivity index (χ1v) is 13.6. The van der Waals surface area contributed by atoms with Crippen LogP contribution in [0.1, 0.15) is 15.9 Å². The Bertz CT molecular complexity index is 1550. The standard InChI is InChI=1S/C31H30N4O5S/c1-5-18-35-30(23-11-17-27(39-3)28(19-23)40-4)33-34-31(35)41-20-29(37)32-24-12-9-22(10-13-24)26(36)16-8-21-6-14-25(38-2)15-7-21/h5-17,19H,1,18,20H2,2-4H3,(H,32,37)/b16-8+. The molecule has 0 aliphatic rings. The minimum Gasteiger partial charge on any atom is -0.497 e.